The van der Waals surface area contributed by atoms with E-state index in [0.717, 1.165) is 41.4 Å². The maximum Gasteiger partial charge on any atom is 0.314 e. The molecule has 3 heterocycles. The minimum Gasteiger partial charge on any atom is -0.497 e. The Kier molecular flexibility index (Phi) is 4.05. The third kappa shape index (κ3) is 2.61. The number of aromatic amines is 1. The molecule has 0 amide bonds. The van der Waals surface area contributed by atoms with Crippen molar-refractivity contribution in [3.8, 4) is 5.69 Å². The van der Waals surface area contributed by atoms with Crippen molar-refractivity contribution in [2.45, 2.75) is 38.5 Å². The summed E-state index contributed by atoms with van der Waals surface area (Å²) < 4.78 is 22.5. The molecular weight excluding hydrogens is 433 g/mol. The Bertz CT molecular complexity index is 1550. The number of rotatable bonds is 2. The summed E-state index contributed by atoms with van der Waals surface area (Å²) in [7, 11) is 0. The van der Waals surface area contributed by atoms with Gasteiger partial charge in [-0.05, 0) is 85.6 Å². The maximum absolute atomic E-state index is 14.2. The van der Waals surface area contributed by atoms with Crippen LogP contribution in [0, 0.1) is 24.6 Å². The SMILES string of the molecule is Cc1cc(-n2c3c(c4cc5[nH]ncc5cc42)C[C@H]2CC[C@H](C(=O)O)C4=C2C3CCO4)ccc1F. The third-order valence-electron chi connectivity index (χ3n) is 8.04. The largest absolute Gasteiger partial charge is 0.497 e. The average molecular weight is 458 g/mol. The zero-order valence-corrected chi connectivity index (χ0v) is 18.8. The Balaban J connectivity index is 1.56. The first-order valence-corrected chi connectivity index (χ1v) is 11.9. The monoisotopic (exact) mass is 457 g/mol. The van der Waals surface area contributed by atoms with E-state index < -0.39 is 11.9 Å². The van der Waals surface area contributed by atoms with E-state index in [-0.39, 0.29) is 17.7 Å². The number of aromatic nitrogens is 3. The first-order valence-electron chi connectivity index (χ1n) is 11.9. The molecule has 3 atom stereocenters. The second-order valence-electron chi connectivity index (χ2n) is 9.84. The number of hydrogen-bond donors (Lipinski definition) is 2. The highest BCUT2D eigenvalue weighted by molar-refractivity contribution is 5.99. The smallest absolute Gasteiger partial charge is 0.314 e. The van der Waals surface area contributed by atoms with Crippen molar-refractivity contribution in [2.24, 2.45) is 11.8 Å². The number of carboxylic acids is 1. The van der Waals surface area contributed by atoms with E-state index in [1.807, 2.05) is 18.3 Å². The first kappa shape index (κ1) is 19.8. The molecule has 34 heavy (non-hydrogen) atoms. The molecule has 0 fully saturated rings. The minimum absolute atomic E-state index is 0.0916. The number of halogens is 1. The van der Waals surface area contributed by atoms with Crippen molar-refractivity contribution >= 4 is 27.8 Å². The predicted molar refractivity (Wildman–Crippen MR) is 126 cm³/mol. The van der Waals surface area contributed by atoms with Crippen molar-refractivity contribution in [3.05, 3.63) is 70.5 Å². The number of benzene rings is 2. The lowest BCUT2D eigenvalue weighted by atomic mass is 9.66. The number of carboxylic acid groups (broad SMARTS) is 1. The summed E-state index contributed by atoms with van der Waals surface area (Å²) in [6, 6.07) is 9.60. The lowest BCUT2D eigenvalue weighted by Gasteiger charge is -2.43. The van der Waals surface area contributed by atoms with Gasteiger partial charge in [-0.3, -0.25) is 9.89 Å². The van der Waals surface area contributed by atoms with Gasteiger partial charge in [-0.15, -0.1) is 0 Å². The second kappa shape index (κ2) is 6.95. The lowest BCUT2D eigenvalue weighted by molar-refractivity contribution is -0.142. The highest BCUT2D eigenvalue weighted by Crippen LogP contribution is 2.54. The number of aryl methyl sites for hydroxylation is 1. The minimum atomic E-state index is -0.802. The van der Waals surface area contributed by atoms with Gasteiger partial charge < -0.3 is 14.4 Å². The van der Waals surface area contributed by atoms with Gasteiger partial charge >= 0.3 is 5.97 Å². The Morgan fingerprint density at radius 1 is 1.24 bits per heavy atom. The van der Waals surface area contributed by atoms with Crippen LogP contribution in [-0.4, -0.2) is 32.4 Å². The van der Waals surface area contributed by atoms with Crippen molar-refractivity contribution in [1.82, 2.24) is 14.8 Å². The van der Waals surface area contributed by atoms with Crippen LogP contribution in [-0.2, 0) is 16.0 Å². The van der Waals surface area contributed by atoms with E-state index in [0.29, 0.717) is 24.4 Å². The summed E-state index contributed by atoms with van der Waals surface area (Å²) in [5.41, 5.74) is 7.26. The van der Waals surface area contributed by atoms with Gasteiger partial charge in [0, 0.05) is 28.1 Å². The summed E-state index contributed by atoms with van der Waals surface area (Å²) >= 11 is 0. The number of aliphatic carboxylic acids is 1. The molecule has 6 nitrogen and oxygen atoms in total. The highest BCUT2D eigenvalue weighted by atomic mass is 19.1. The van der Waals surface area contributed by atoms with E-state index in [1.54, 1.807) is 6.92 Å². The quantitative estimate of drug-likeness (QED) is 0.424. The number of hydrogen-bond acceptors (Lipinski definition) is 3. The van der Waals surface area contributed by atoms with Crippen LogP contribution in [0.2, 0.25) is 0 Å². The Labute approximate surface area is 195 Å². The standard InChI is InChI=1S/C27H24FN3O3/c1-13-8-16(3-5-21(13)28)31-23-10-15-12-29-30-22(15)11-19(23)20-9-14-2-4-18(27(32)33)26-24(14)17(25(20)31)6-7-34-26/h3,5,8,10-12,14,17-18H,2,4,6-7,9H2,1H3,(H,29,30)(H,32,33)/t14-,17?,18+/m1/s1. The van der Waals surface area contributed by atoms with Gasteiger partial charge in [-0.1, -0.05) is 0 Å². The van der Waals surface area contributed by atoms with Crippen LogP contribution in [0.25, 0.3) is 27.5 Å². The third-order valence-corrected chi connectivity index (χ3v) is 8.04. The van der Waals surface area contributed by atoms with Crippen LogP contribution < -0.4 is 0 Å². The molecule has 0 saturated heterocycles. The molecule has 1 aliphatic heterocycles. The first-order chi connectivity index (χ1) is 16.5. The van der Waals surface area contributed by atoms with Crippen LogP contribution in [0.4, 0.5) is 4.39 Å². The molecule has 0 spiro atoms. The highest BCUT2D eigenvalue weighted by Gasteiger charge is 2.46. The molecule has 7 heteroatoms. The number of H-pyrrole nitrogens is 1. The van der Waals surface area contributed by atoms with E-state index in [1.165, 1.54) is 28.3 Å². The fourth-order valence-corrected chi connectivity index (χ4v) is 6.55. The number of nitrogens with zero attached hydrogens (tertiary/aromatic N) is 2. The molecule has 2 aromatic carbocycles. The average Bonchev–Trinajstić information content (AvgIpc) is 3.41. The molecule has 0 bridgehead atoms. The molecule has 2 aliphatic carbocycles. The molecule has 172 valence electrons. The van der Waals surface area contributed by atoms with Crippen LogP contribution >= 0.6 is 0 Å². The van der Waals surface area contributed by atoms with Gasteiger partial charge in [-0.25, -0.2) is 4.39 Å². The van der Waals surface area contributed by atoms with Gasteiger partial charge in [-0.2, -0.15) is 5.10 Å². The molecule has 0 radical (unpaired) electrons. The van der Waals surface area contributed by atoms with Crippen LogP contribution in [0.1, 0.15) is 42.0 Å². The normalized spacial score (nSPS) is 23.6. The zero-order valence-electron chi connectivity index (χ0n) is 18.8. The van der Waals surface area contributed by atoms with Crippen LogP contribution in [0.15, 0.2) is 47.9 Å². The Hall–Kier alpha value is -3.61. The molecular formula is C27H24FN3O3. The summed E-state index contributed by atoms with van der Waals surface area (Å²) in [6.45, 7) is 2.29. The van der Waals surface area contributed by atoms with Crippen molar-refractivity contribution in [3.63, 3.8) is 0 Å². The second-order valence-corrected chi connectivity index (χ2v) is 9.84. The summed E-state index contributed by atoms with van der Waals surface area (Å²) in [5, 5.41) is 19.4. The number of ether oxygens (including phenoxy) is 1. The van der Waals surface area contributed by atoms with Gasteiger partial charge in [0.05, 0.1) is 23.8 Å². The lowest BCUT2D eigenvalue weighted by Crippen LogP contribution is -2.36. The molecule has 0 saturated carbocycles. The Morgan fingerprint density at radius 3 is 2.94 bits per heavy atom. The fourth-order valence-electron chi connectivity index (χ4n) is 6.55. The topological polar surface area (TPSA) is 80.1 Å². The van der Waals surface area contributed by atoms with Gasteiger partial charge in [0.1, 0.15) is 17.5 Å². The Morgan fingerprint density at radius 2 is 2.12 bits per heavy atom. The zero-order chi connectivity index (χ0) is 23.1. The molecule has 2 aromatic heterocycles. The number of nitrogens with one attached hydrogen (secondary N) is 1. The summed E-state index contributed by atoms with van der Waals surface area (Å²) in [4.78, 5) is 12.0. The van der Waals surface area contributed by atoms with Crippen LogP contribution in [0.5, 0.6) is 0 Å². The fraction of sp³-hybridized carbons (Fsp3) is 0.333. The van der Waals surface area contributed by atoms with Crippen molar-refractivity contribution in [1.29, 1.82) is 0 Å². The van der Waals surface area contributed by atoms with Crippen LogP contribution in [0.3, 0.4) is 0 Å². The molecule has 3 aliphatic rings. The maximum atomic E-state index is 14.2. The summed E-state index contributed by atoms with van der Waals surface area (Å²) in [5.74, 6) is -0.522. The van der Waals surface area contributed by atoms with Gasteiger partial charge in [0.15, 0.2) is 0 Å². The summed E-state index contributed by atoms with van der Waals surface area (Å²) in [6.07, 6.45) is 4.95. The van der Waals surface area contributed by atoms with E-state index >= 15 is 0 Å². The van der Waals surface area contributed by atoms with Gasteiger partial charge in [0.2, 0.25) is 0 Å². The molecule has 1 unspecified atom stereocenters. The number of fused-ring (bicyclic) bond motifs is 5. The van der Waals surface area contributed by atoms with Crippen molar-refractivity contribution in [2.75, 3.05) is 6.61 Å². The van der Waals surface area contributed by atoms with E-state index in [9.17, 15) is 14.3 Å². The number of allylic oxidation sites excluding steroid dienone is 1. The van der Waals surface area contributed by atoms with Gasteiger partial charge in [0.25, 0.3) is 0 Å². The predicted octanol–water partition coefficient (Wildman–Crippen LogP) is 5.38. The molecule has 4 aromatic rings. The molecule has 2 N–H and O–H groups in total. The number of carbonyl (C=O) groups is 1. The van der Waals surface area contributed by atoms with E-state index in [4.69, 9.17) is 4.74 Å². The van der Waals surface area contributed by atoms with Crippen molar-refractivity contribution < 1.29 is 19.0 Å². The van der Waals surface area contributed by atoms with E-state index in [2.05, 4.69) is 26.9 Å². The molecule has 7 rings (SSSR count).